The lowest BCUT2D eigenvalue weighted by molar-refractivity contribution is -0.126. The van der Waals surface area contributed by atoms with E-state index in [1.807, 2.05) is 6.92 Å². The first-order valence-electron chi connectivity index (χ1n) is 11.3. The maximum absolute atomic E-state index is 14.0. The lowest BCUT2D eigenvalue weighted by Gasteiger charge is -2.31. The molecule has 1 fully saturated rings. The van der Waals surface area contributed by atoms with Gasteiger partial charge in [0.15, 0.2) is 0 Å². The van der Waals surface area contributed by atoms with Gasteiger partial charge in [-0.25, -0.2) is 17.5 Å². The van der Waals surface area contributed by atoms with Gasteiger partial charge in [-0.15, -0.1) is 0 Å². The van der Waals surface area contributed by atoms with Crippen LogP contribution in [-0.4, -0.2) is 52.1 Å². The van der Waals surface area contributed by atoms with Crippen LogP contribution in [0.4, 0.5) is 10.1 Å². The van der Waals surface area contributed by atoms with Crippen LogP contribution in [-0.2, 0) is 24.3 Å². The molecular formula is C24H30FN3O5S. The third-order valence-electron chi connectivity index (χ3n) is 5.53. The molecule has 2 aromatic carbocycles. The topological polar surface area (TPSA) is 105 Å². The number of carbonyl (C=O) groups excluding carboxylic acids is 2. The molecule has 2 N–H and O–H groups in total. The first kappa shape index (κ1) is 25.8. The van der Waals surface area contributed by atoms with Crippen molar-refractivity contribution in [2.75, 3.05) is 24.6 Å². The number of hydrogen-bond acceptors (Lipinski definition) is 5. The molecule has 34 heavy (non-hydrogen) atoms. The average molecular weight is 492 g/mol. The monoisotopic (exact) mass is 491 g/mol. The first-order valence-corrected chi connectivity index (χ1v) is 12.8. The molecule has 3 rings (SSSR count). The number of halogens is 1. The highest BCUT2D eigenvalue weighted by atomic mass is 32.2. The molecule has 1 saturated heterocycles. The summed E-state index contributed by atoms with van der Waals surface area (Å²) >= 11 is 0. The quantitative estimate of drug-likeness (QED) is 0.503. The van der Waals surface area contributed by atoms with Gasteiger partial charge in [0.1, 0.15) is 11.9 Å². The van der Waals surface area contributed by atoms with Gasteiger partial charge in [0, 0.05) is 18.8 Å². The minimum Gasteiger partial charge on any atom is -0.376 e. The Labute approximate surface area is 199 Å². The van der Waals surface area contributed by atoms with Crippen molar-refractivity contribution in [3.8, 4) is 0 Å². The van der Waals surface area contributed by atoms with E-state index in [0.29, 0.717) is 26.0 Å². The summed E-state index contributed by atoms with van der Waals surface area (Å²) in [5.74, 6) is -1.65. The second kappa shape index (κ2) is 12.0. The third-order valence-corrected chi connectivity index (χ3v) is 6.94. The fourth-order valence-electron chi connectivity index (χ4n) is 3.84. The van der Waals surface area contributed by atoms with E-state index in [-0.39, 0.29) is 16.7 Å². The minimum atomic E-state index is -3.95. The number of anilines is 1. The van der Waals surface area contributed by atoms with Gasteiger partial charge in [-0.3, -0.25) is 14.5 Å². The summed E-state index contributed by atoms with van der Waals surface area (Å²) < 4.78 is 47.0. The summed E-state index contributed by atoms with van der Waals surface area (Å²) in [5, 5.41) is 2.84. The molecular weight excluding hydrogens is 461 g/mol. The predicted octanol–water partition coefficient (Wildman–Crippen LogP) is 2.60. The molecule has 2 amide bonds. The maximum atomic E-state index is 14.0. The van der Waals surface area contributed by atoms with Crippen LogP contribution in [0.15, 0.2) is 59.5 Å². The lowest BCUT2D eigenvalue weighted by Crippen LogP contribution is -2.53. The first-order chi connectivity index (χ1) is 16.3. The SMILES string of the molecule is CCCC(C(=O)NCC1CCCO1)N(C(=O)CNS(=O)(=O)c1ccccc1)c1cccc(F)c1. The Morgan fingerprint density at radius 3 is 2.59 bits per heavy atom. The molecule has 8 nitrogen and oxygen atoms in total. The van der Waals surface area contributed by atoms with E-state index < -0.39 is 40.2 Å². The van der Waals surface area contributed by atoms with E-state index >= 15 is 0 Å². The van der Waals surface area contributed by atoms with Crippen molar-refractivity contribution in [3.63, 3.8) is 0 Å². The largest absolute Gasteiger partial charge is 0.376 e. The summed E-state index contributed by atoms with van der Waals surface area (Å²) in [5.41, 5.74) is 0.176. The molecule has 0 spiro atoms. The molecule has 0 radical (unpaired) electrons. The van der Waals surface area contributed by atoms with E-state index in [0.717, 1.165) is 18.9 Å². The molecule has 1 heterocycles. The Morgan fingerprint density at radius 2 is 1.94 bits per heavy atom. The molecule has 2 atom stereocenters. The standard InChI is InChI=1S/C24H30FN3O5S/c1-2-8-22(24(30)26-16-20-11-7-14-33-20)28(19-10-6-9-18(25)15-19)23(29)17-27-34(31,32)21-12-4-3-5-13-21/h3-6,9-10,12-13,15,20,22,27H,2,7-8,11,14,16-17H2,1H3,(H,26,30). The third kappa shape index (κ3) is 6.85. The lowest BCUT2D eigenvalue weighted by atomic mass is 10.1. The summed E-state index contributed by atoms with van der Waals surface area (Å²) in [6.07, 6.45) is 2.57. The highest BCUT2D eigenvalue weighted by molar-refractivity contribution is 7.89. The number of rotatable bonds is 11. The number of carbonyl (C=O) groups is 2. The van der Waals surface area contributed by atoms with Crippen molar-refractivity contribution in [2.24, 2.45) is 0 Å². The molecule has 1 aliphatic heterocycles. The normalized spacial score (nSPS) is 16.7. The van der Waals surface area contributed by atoms with Crippen molar-refractivity contribution >= 4 is 27.5 Å². The Morgan fingerprint density at radius 1 is 1.18 bits per heavy atom. The van der Waals surface area contributed by atoms with Crippen LogP contribution in [0.5, 0.6) is 0 Å². The van der Waals surface area contributed by atoms with E-state index in [2.05, 4.69) is 10.0 Å². The summed E-state index contributed by atoms with van der Waals surface area (Å²) in [7, 11) is -3.95. The zero-order valence-electron chi connectivity index (χ0n) is 19.1. The van der Waals surface area contributed by atoms with E-state index in [9.17, 15) is 22.4 Å². The van der Waals surface area contributed by atoms with Crippen LogP contribution in [0.3, 0.4) is 0 Å². The molecule has 10 heteroatoms. The summed E-state index contributed by atoms with van der Waals surface area (Å²) in [6, 6.07) is 12.1. The summed E-state index contributed by atoms with van der Waals surface area (Å²) in [6.45, 7) is 2.24. The van der Waals surface area contributed by atoms with E-state index in [1.54, 1.807) is 18.2 Å². The molecule has 0 saturated carbocycles. The van der Waals surface area contributed by atoms with Crippen LogP contribution >= 0.6 is 0 Å². The van der Waals surface area contributed by atoms with Gasteiger partial charge in [-0.2, -0.15) is 0 Å². The zero-order valence-corrected chi connectivity index (χ0v) is 19.9. The van der Waals surface area contributed by atoms with Crippen LogP contribution in [0.1, 0.15) is 32.6 Å². The van der Waals surface area contributed by atoms with Gasteiger partial charge < -0.3 is 10.1 Å². The number of amides is 2. The minimum absolute atomic E-state index is 0.0134. The summed E-state index contributed by atoms with van der Waals surface area (Å²) in [4.78, 5) is 27.6. The van der Waals surface area contributed by atoms with Crippen LogP contribution < -0.4 is 14.9 Å². The number of sulfonamides is 1. The second-order valence-corrected chi connectivity index (χ2v) is 9.83. The highest BCUT2D eigenvalue weighted by Gasteiger charge is 2.32. The predicted molar refractivity (Wildman–Crippen MR) is 126 cm³/mol. The number of nitrogens with zero attached hydrogens (tertiary/aromatic N) is 1. The molecule has 184 valence electrons. The Balaban J connectivity index is 1.82. The van der Waals surface area contributed by atoms with Gasteiger partial charge in [-0.05, 0) is 49.6 Å². The Kier molecular flexibility index (Phi) is 9.14. The number of nitrogens with one attached hydrogen (secondary N) is 2. The number of hydrogen-bond donors (Lipinski definition) is 2. The Hall–Kier alpha value is -2.82. The van der Waals surface area contributed by atoms with Gasteiger partial charge in [-0.1, -0.05) is 37.6 Å². The van der Waals surface area contributed by atoms with Crippen molar-refractivity contribution in [2.45, 2.75) is 49.6 Å². The second-order valence-electron chi connectivity index (χ2n) is 8.07. The molecule has 0 bridgehead atoms. The van der Waals surface area contributed by atoms with Crippen molar-refractivity contribution < 1.29 is 27.1 Å². The molecule has 1 aliphatic rings. The molecule has 2 unspecified atom stereocenters. The molecule has 2 aromatic rings. The fraction of sp³-hybridized carbons (Fsp3) is 0.417. The molecule has 0 aromatic heterocycles. The average Bonchev–Trinajstić information content (AvgIpc) is 3.35. The van der Waals surface area contributed by atoms with Crippen LogP contribution in [0.25, 0.3) is 0 Å². The Bertz CT molecular complexity index is 1080. The van der Waals surface area contributed by atoms with E-state index in [4.69, 9.17) is 4.74 Å². The number of ether oxygens (including phenoxy) is 1. The van der Waals surface area contributed by atoms with E-state index in [1.165, 1.54) is 35.2 Å². The number of benzene rings is 2. The zero-order chi connectivity index (χ0) is 24.6. The van der Waals surface area contributed by atoms with Crippen molar-refractivity contribution in [3.05, 3.63) is 60.4 Å². The van der Waals surface area contributed by atoms with Gasteiger partial charge in [0.2, 0.25) is 21.8 Å². The van der Waals surface area contributed by atoms with Gasteiger partial charge >= 0.3 is 0 Å². The van der Waals surface area contributed by atoms with Crippen LogP contribution in [0, 0.1) is 5.82 Å². The van der Waals surface area contributed by atoms with Crippen LogP contribution in [0.2, 0.25) is 0 Å². The van der Waals surface area contributed by atoms with Gasteiger partial charge in [0.25, 0.3) is 0 Å². The van der Waals surface area contributed by atoms with Crippen molar-refractivity contribution in [1.82, 2.24) is 10.0 Å². The fourth-order valence-corrected chi connectivity index (χ4v) is 4.83. The van der Waals surface area contributed by atoms with Gasteiger partial charge in [0.05, 0.1) is 17.5 Å². The molecule has 0 aliphatic carbocycles. The van der Waals surface area contributed by atoms with Crippen molar-refractivity contribution in [1.29, 1.82) is 0 Å². The maximum Gasteiger partial charge on any atom is 0.243 e. The highest BCUT2D eigenvalue weighted by Crippen LogP contribution is 2.22. The smallest absolute Gasteiger partial charge is 0.243 e.